The lowest BCUT2D eigenvalue weighted by molar-refractivity contribution is -0.119. The summed E-state index contributed by atoms with van der Waals surface area (Å²) in [5.74, 6) is -0.225. The van der Waals surface area contributed by atoms with E-state index in [-0.39, 0.29) is 18.5 Å². The molecule has 2 aliphatic heterocycles. The number of carbonyl (C=O) groups excluding carboxylic acids is 2. The fourth-order valence-corrected chi connectivity index (χ4v) is 7.04. The molecule has 0 bridgehead atoms. The van der Waals surface area contributed by atoms with Crippen LogP contribution in [-0.4, -0.2) is 63.0 Å². The van der Waals surface area contributed by atoms with Gasteiger partial charge >= 0.3 is 6.16 Å². The third-order valence-electron chi connectivity index (χ3n) is 8.82. The van der Waals surface area contributed by atoms with Crippen LogP contribution in [-0.2, 0) is 27.1 Å². The zero-order chi connectivity index (χ0) is 30.7. The van der Waals surface area contributed by atoms with Gasteiger partial charge in [0.05, 0.1) is 12.3 Å². The van der Waals surface area contributed by atoms with Gasteiger partial charge in [-0.3, -0.25) is 14.6 Å². The number of thiophene rings is 1. The van der Waals surface area contributed by atoms with Gasteiger partial charge in [0.1, 0.15) is 5.82 Å². The number of hydrogen-bond donors (Lipinski definition) is 0. The van der Waals surface area contributed by atoms with Gasteiger partial charge in [0.2, 0.25) is 5.91 Å². The van der Waals surface area contributed by atoms with Gasteiger partial charge in [-0.1, -0.05) is 64.0 Å². The van der Waals surface area contributed by atoms with E-state index in [4.69, 9.17) is 9.47 Å². The summed E-state index contributed by atoms with van der Waals surface area (Å²) in [7, 11) is 0. The Morgan fingerprint density at radius 1 is 0.886 bits per heavy atom. The van der Waals surface area contributed by atoms with Crippen LogP contribution in [0.2, 0.25) is 0 Å². The Labute approximate surface area is 264 Å². The van der Waals surface area contributed by atoms with E-state index in [9.17, 15) is 14.0 Å². The summed E-state index contributed by atoms with van der Waals surface area (Å²) >= 11 is 1.58. The third-order valence-corrected chi connectivity index (χ3v) is 9.69. The van der Waals surface area contributed by atoms with Gasteiger partial charge in [-0.05, 0) is 60.0 Å². The van der Waals surface area contributed by atoms with Crippen molar-refractivity contribution < 1.29 is 23.5 Å². The highest BCUT2D eigenvalue weighted by Gasteiger charge is 2.26. The van der Waals surface area contributed by atoms with Crippen LogP contribution < -0.4 is 9.80 Å². The summed E-state index contributed by atoms with van der Waals surface area (Å²) in [6, 6.07) is 11.7. The number of ether oxygens (including phenoxy) is 2. The molecule has 0 radical (unpaired) electrons. The molecule has 1 saturated heterocycles. The lowest BCUT2D eigenvalue weighted by atomic mass is 9.98. The average Bonchev–Trinajstić information content (AvgIpc) is 3.51. The van der Waals surface area contributed by atoms with E-state index in [1.54, 1.807) is 28.4 Å². The van der Waals surface area contributed by atoms with Crippen molar-refractivity contribution in [3.05, 3.63) is 58.7 Å². The standard InChI is InChI=1S/C35H46FN3O4S/c1-2-3-4-5-6-7-8-9-21-42-35(41)43-26-39-31-23-27(10-11-28(31)12-13-34(39)40)14-16-37-17-19-38(20-18-37)32-24-29(36)25-33-30(32)15-22-44-33/h10-11,15,22-25H,2-9,12-14,16-21,26H2,1H3. The number of amides is 1. The molecule has 3 heterocycles. The molecule has 1 aromatic heterocycles. The van der Waals surface area contributed by atoms with Crippen molar-refractivity contribution in [1.29, 1.82) is 0 Å². The monoisotopic (exact) mass is 623 g/mol. The molecule has 0 aliphatic carbocycles. The lowest BCUT2D eigenvalue weighted by Crippen LogP contribution is -2.47. The molecule has 0 atom stereocenters. The van der Waals surface area contributed by atoms with Crippen molar-refractivity contribution in [3.8, 4) is 0 Å². The Kier molecular flexibility index (Phi) is 11.9. The maximum absolute atomic E-state index is 14.2. The highest BCUT2D eigenvalue weighted by atomic mass is 32.1. The summed E-state index contributed by atoms with van der Waals surface area (Å²) < 4.78 is 25.8. The Morgan fingerprint density at radius 3 is 2.45 bits per heavy atom. The predicted octanol–water partition coefficient (Wildman–Crippen LogP) is 7.94. The maximum Gasteiger partial charge on any atom is 0.510 e. The first-order valence-electron chi connectivity index (χ1n) is 16.4. The molecule has 1 amide bonds. The van der Waals surface area contributed by atoms with Crippen LogP contribution in [0.1, 0.15) is 75.8 Å². The number of benzene rings is 2. The number of fused-ring (bicyclic) bond motifs is 2. The lowest BCUT2D eigenvalue weighted by Gasteiger charge is -2.36. The molecule has 0 spiro atoms. The smallest absolute Gasteiger partial charge is 0.434 e. The first kappa shape index (κ1) is 32.2. The van der Waals surface area contributed by atoms with Crippen molar-refractivity contribution in [2.45, 2.75) is 77.6 Å². The fourth-order valence-electron chi connectivity index (χ4n) is 6.21. The van der Waals surface area contributed by atoms with Crippen LogP contribution in [0.25, 0.3) is 10.1 Å². The zero-order valence-corrected chi connectivity index (χ0v) is 26.8. The van der Waals surface area contributed by atoms with E-state index in [1.165, 1.54) is 32.1 Å². The largest absolute Gasteiger partial charge is 0.510 e. The number of anilines is 2. The summed E-state index contributed by atoms with van der Waals surface area (Å²) in [5.41, 5.74) is 4.05. The molecule has 9 heteroatoms. The van der Waals surface area contributed by atoms with Gasteiger partial charge in [0.25, 0.3) is 0 Å². The minimum absolute atomic E-state index is 0.0428. The van der Waals surface area contributed by atoms with Crippen LogP contribution in [0.3, 0.4) is 0 Å². The van der Waals surface area contributed by atoms with Gasteiger partial charge in [-0.2, -0.15) is 0 Å². The van der Waals surface area contributed by atoms with Crippen LogP contribution in [0.4, 0.5) is 20.6 Å². The second-order valence-electron chi connectivity index (χ2n) is 12.0. The highest BCUT2D eigenvalue weighted by Crippen LogP contribution is 2.33. The van der Waals surface area contributed by atoms with Crippen molar-refractivity contribution in [2.75, 3.05) is 55.9 Å². The SMILES string of the molecule is CCCCCCCCCCOC(=O)OCN1C(=O)CCc2ccc(CCN3CCN(c4cc(F)cc5sccc45)CC3)cc21. The first-order valence-corrected chi connectivity index (χ1v) is 17.3. The normalized spacial score (nSPS) is 15.5. The molecule has 5 rings (SSSR count). The number of nitrogens with zero attached hydrogens (tertiary/aromatic N) is 3. The summed E-state index contributed by atoms with van der Waals surface area (Å²) in [6.07, 6.45) is 10.6. The predicted molar refractivity (Wildman–Crippen MR) is 176 cm³/mol. The molecule has 2 aromatic carbocycles. The van der Waals surface area contributed by atoms with E-state index < -0.39 is 6.16 Å². The topological polar surface area (TPSA) is 62.3 Å². The van der Waals surface area contributed by atoms with E-state index in [2.05, 4.69) is 41.0 Å². The summed E-state index contributed by atoms with van der Waals surface area (Å²) in [6.45, 7) is 6.86. The average molecular weight is 624 g/mol. The minimum atomic E-state index is -0.721. The van der Waals surface area contributed by atoms with Gasteiger partial charge in [0, 0.05) is 54.9 Å². The number of halogens is 1. The first-order chi connectivity index (χ1) is 21.5. The number of piperazine rings is 1. The molecule has 1 fully saturated rings. The summed E-state index contributed by atoms with van der Waals surface area (Å²) in [5, 5.41) is 3.15. The Balaban J connectivity index is 1.06. The third kappa shape index (κ3) is 8.72. The van der Waals surface area contributed by atoms with Crippen LogP contribution in [0, 0.1) is 5.82 Å². The quantitative estimate of drug-likeness (QED) is 0.127. The number of hydrogen-bond acceptors (Lipinski definition) is 7. The Bertz CT molecular complexity index is 1390. The van der Waals surface area contributed by atoms with E-state index in [1.807, 2.05) is 5.38 Å². The zero-order valence-electron chi connectivity index (χ0n) is 26.0. The fraction of sp³-hybridized carbons (Fsp3) is 0.543. The van der Waals surface area contributed by atoms with E-state index in [0.717, 1.165) is 91.0 Å². The molecular formula is C35H46FN3O4S. The minimum Gasteiger partial charge on any atom is -0.434 e. The van der Waals surface area contributed by atoms with Gasteiger partial charge in [0.15, 0.2) is 6.73 Å². The van der Waals surface area contributed by atoms with E-state index in [0.29, 0.717) is 19.4 Å². The molecule has 0 N–H and O–H groups in total. The van der Waals surface area contributed by atoms with Crippen molar-refractivity contribution in [1.82, 2.24) is 4.90 Å². The van der Waals surface area contributed by atoms with Crippen molar-refractivity contribution in [3.63, 3.8) is 0 Å². The number of rotatable bonds is 15. The van der Waals surface area contributed by atoms with Gasteiger partial charge < -0.3 is 14.4 Å². The van der Waals surface area contributed by atoms with Gasteiger partial charge in [-0.25, -0.2) is 9.18 Å². The Morgan fingerprint density at radius 2 is 1.66 bits per heavy atom. The van der Waals surface area contributed by atoms with Crippen molar-refractivity contribution in [2.24, 2.45) is 0 Å². The number of unbranched alkanes of at least 4 members (excludes halogenated alkanes) is 7. The number of carbonyl (C=O) groups is 2. The van der Waals surface area contributed by atoms with E-state index >= 15 is 0 Å². The molecule has 3 aromatic rings. The Hall–Kier alpha value is -3.17. The molecule has 238 valence electrons. The van der Waals surface area contributed by atoms with Crippen LogP contribution in [0.15, 0.2) is 41.8 Å². The molecular weight excluding hydrogens is 577 g/mol. The second kappa shape index (κ2) is 16.2. The number of aryl methyl sites for hydroxylation is 1. The van der Waals surface area contributed by atoms with Crippen LogP contribution >= 0.6 is 11.3 Å². The molecule has 0 unspecified atom stereocenters. The molecule has 7 nitrogen and oxygen atoms in total. The highest BCUT2D eigenvalue weighted by molar-refractivity contribution is 7.17. The maximum atomic E-state index is 14.2. The second-order valence-corrected chi connectivity index (χ2v) is 12.9. The van der Waals surface area contributed by atoms with Crippen LogP contribution in [0.5, 0.6) is 0 Å². The van der Waals surface area contributed by atoms with Crippen molar-refractivity contribution >= 4 is 44.9 Å². The summed E-state index contributed by atoms with van der Waals surface area (Å²) in [4.78, 5) is 31.3. The molecule has 2 aliphatic rings. The molecule has 0 saturated carbocycles. The molecule has 44 heavy (non-hydrogen) atoms. The van der Waals surface area contributed by atoms with Gasteiger partial charge in [-0.15, -0.1) is 11.3 Å².